The summed E-state index contributed by atoms with van der Waals surface area (Å²) in [5.74, 6) is 0. The maximum atomic E-state index is 3.63. The molecule has 1 aliphatic rings. The molecule has 1 aromatic carbocycles. The largest absolute Gasteiger partial charge is 0.342 e. The normalized spacial score (nSPS) is 14.9. The van der Waals surface area contributed by atoms with Crippen LogP contribution in [0.5, 0.6) is 0 Å². The van der Waals surface area contributed by atoms with Gasteiger partial charge in [-0.15, -0.1) is 11.3 Å². The molecule has 4 rings (SSSR count). The van der Waals surface area contributed by atoms with Crippen LogP contribution in [0.3, 0.4) is 0 Å². The Morgan fingerprint density at radius 2 is 2.14 bits per heavy atom. The number of benzene rings is 1. The zero-order chi connectivity index (χ0) is 14.2. The summed E-state index contributed by atoms with van der Waals surface area (Å²) >= 11 is 5.43. The van der Waals surface area contributed by atoms with Gasteiger partial charge in [-0.1, -0.05) is 12.1 Å². The standard InChI is InChI=1S/C17H17BrN2S/c18-15-7-9-21-17(15)11-20-8-6-14-12(2-1-3-16(14)20)10-19-13-4-5-13/h1-3,6-9,13,19H,4-5,10-11H2. The smallest absolute Gasteiger partial charge is 0.0580 e. The SMILES string of the molecule is Brc1ccsc1Cn1ccc2c(CNC3CC3)cccc21. The molecular weight excluding hydrogens is 344 g/mol. The number of fused-ring (bicyclic) bond motifs is 1. The molecule has 0 bridgehead atoms. The van der Waals surface area contributed by atoms with E-state index in [2.05, 4.69) is 67.7 Å². The van der Waals surface area contributed by atoms with Crippen LogP contribution in [-0.4, -0.2) is 10.6 Å². The average molecular weight is 361 g/mol. The molecule has 1 N–H and O–H groups in total. The summed E-state index contributed by atoms with van der Waals surface area (Å²) < 4.78 is 3.55. The molecule has 0 saturated heterocycles. The molecule has 0 amide bonds. The molecule has 2 heterocycles. The van der Waals surface area contributed by atoms with E-state index in [1.54, 1.807) is 11.3 Å². The van der Waals surface area contributed by atoms with Gasteiger partial charge in [0.1, 0.15) is 0 Å². The van der Waals surface area contributed by atoms with Crippen LogP contribution < -0.4 is 5.32 Å². The lowest BCUT2D eigenvalue weighted by Gasteiger charge is -2.08. The summed E-state index contributed by atoms with van der Waals surface area (Å²) in [5.41, 5.74) is 2.73. The van der Waals surface area contributed by atoms with Gasteiger partial charge in [-0.05, 0) is 57.9 Å². The van der Waals surface area contributed by atoms with Gasteiger partial charge in [0.25, 0.3) is 0 Å². The first kappa shape index (κ1) is 13.6. The summed E-state index contributed by atoms with van der Waals surface area (Å²) in [6, 6.07) is 11.8. The Morgan fingerprint density at radius 3 is 2.90 bits per heavy atom. The fourth-order valence-corrected chi connectivity index (χ4v) is 4.19. The summed E-state index contributed by atoms with van der Waals surface area (Å²) in [4.78, 5) is 1.37. The minimum atomic E-state index is 0.754. The van der Waals surface area contributed by atoms with Gasteiger partial charge in [-0.25, -0.2) is 0 Å². The predicted octanol–water partition coefficient (Wildman–Crippen LogP) is 4.77. The van der Waals surface area contributed by atoms with Crippen LogP contribution in [0.1, 0.15) is 23.3 Å². The van der Waals surface area contributed by atoms with E-state index in [4.69, 9.17) is 0 Å². The Hall–Kier alpha value is -1.10. The van der Waals surface area contributed by atoms with Crippen LogP contribution in [0, 0.1) is 0 Å². The average Bonchev–Trinajstić information content (AvgIpc) is 3.11. The molecule has 4 heteroatoms. The molecule has 0 spiro atoms. The molecule has 3 aromatic rings. The number of nitrogens with zero attached hydrogens (tertiary/aromatic N) is 1. The van der Waals surface area contributed by atoms with Gasteiger partial charge in [0.05, 0.1) is 6.54 Å². The van der Waals surface area contributed by atoms with E-state index >= 15 is 0 Å². The third kappa shape index (κ3) is 2.80. The highest BCUT2D eigenvalue weighted by atomic mass is 79.9. The summed E-state index contributed by atoms with van der Waals surface area (Å²) in [5, 5.41) is 7.12. The monoisotopic (exact) mass is 360 g/mol. The van der Waals surface area contributed by atoms with E-state index in [-0.39, 0.29) is 0 Å². The van der Waals surface area contributed by atoms with Crippen molar-refractivity contribution < 1.29 is 0 Å². The minimum absolute atomic E-state index is 0.754. The van der Waals surface area contributed by atoms with Crippen molar-refractivity contribution in [2.75, 3.05) is 0 Å². The van der Waals surface area contributed by atoms with Crippen LogP contribution in [0.4, 0.5) is 0 Å². The van der Waals surface area contributed by atoms with Crippen molar-refractivity contribution in [2.24, 2.45) is 0 Å². The van der Waals surface area contributed by atoms with Crippen molar-refractivity contribution in [3.8, 4) is 0 Å². The second kappa shape index (κ2) is 5.59. The van der Waals surface area contributed by atoms with Crippen molar-refractivity contribution >= 4 is 38.2 Å². The zero-order valence-electron chi connectivity index (χ0n) is 11.7. The first-order valence-corrected chi connectivity index (χ1v) is 9.00. The number of hydrogen-bond donors (Lipinski definition) is 1. The van der Waals surface area contributed by atoms with Gasteiger partial charge in [0, 0.05) is 39.0 Å². The second-order valence-corrected chi connectivity index (χ2v) is 7.50. The molecule has 2 nitrogen and oxygen atoms in total. The van der Waals surface area contributed by atoms with E-state index in [0.717, 1.165) is 19.1 Å². The number of aromatic nitrogens is 1. The predicted molar refractivity (Wildman–Crippen MR) is 92.9 cm³/mol. The summed E-state index contributed by atoms with van der Waals surface area (Å²) in [6.45, 7) is 1.91. The topological polar surface area (TPSA) is 17.0 Å². The van der Waals surface area contributed by atoms with E-state index < -0.39 is 0 Å². The highest BCUT2D eigenvalue weighted by molar-refractivity contribution is 9.10. The lowest BCUT2D eigenvalue weighted by Crippen LogP contribution is -2.15. The number of halogens is 1. The van der Waals surface area contributed by atoms with Gasteiger partial charge in [-0.2, -0.15) is 0 Å². The molecule has 0 unspecified atom stereocenters. The Balaban J connectivity index is 1.64. The van der Waals surface area contributed by atoms with Crippen LogP contribution >= 0.6 is 27.3 Å². The molecule has 1 fully saturated rings. The number of nitrogens with one attached hydrogen (secondary N) is 1. The van der Waals surface area contributed by atoms with Crippen molar-refractivity contribution in [3.05, 3.63) is 56.8 Å². The highest BCUT2D eigenvalue weighted by Crippen LogP contribution is 2.27. The van der Waals surface area contributed by atoms with Gasteiger partial charge in [0.15, 0.2) is 0 Å². The van der Waals surface area contributed by atoms with Crippen molar-refractivity contribution in [2.45, 2.75) is 32.0 Å². The first-order chi connectivity index (χ1) is 10.3. The molecule has 21 heavy (non-hydrogen) atoms. The summed E-state index contributed by atoms with van der Waals surface area (Å²) in [7, 11) is 0. The Morgan fingerprint density at radius 1 is 1.24 bits per heavy atom. The van der Waals surface area contributed by atoms with Gasteiger partial charge >= 0.3 is 0 Å². The van der Waals surface area contributed by atoms with E-state index in [1.165, 1.54) is 38.7 Å². The molecule has 2 aromatic heterocycles. The third-order valence-electron chi connectivity index (χ3n) is 4.07. The molecule has 1 saturated carbocycles. The fourth-order valence-electron chi connectivity index (χ4n) is 2.71. The van der Waals surface area contributed by atoms with Crippen LogP contribution in [0.2, 0.25) is 0 Å². The Bertz CT molecular complexity index is 770. The molecule has 1 aliphatic carbocycles. The van der Waals surface area contributed by atoms with Crippen LogP contribution in [0.15, 0.2) is 46.4 Å². The minimum Gasteiger partial charge on any atom is -0.342 e. The quantitative estimate of drug-likeness (QED) is 0.693. The third-order valence-corrected chi connectivity index (χ3v) is 5.98. The van der Waals surface area contributed by atoms with E-state index in [9.17, 15) is 0 Å². The van der Waals surface area contributed by atoms with Gasteiger partial charge < -0.3 is 9.88 Å². The van der Waals surface area contributed by atoms with Gasteiger partial charge in [0.2, 0.25) is 0 Å². The second-order valence-electron chi connectivity index (χ2n) is 5.64. The number of rotatable bonds is 5. The number of hydrogen-bond acceptors (Lipinski definition) is 2. The summed E-state index contributed by atoms with van der Waals surface area (Å²) in [6.07, 6.45) is 4.88. The fraction of sp³-hybridized carbons (Fsp3) is 0.294. The molecule has 108 valence electrons. The zero-order valence-corrected chi connectivity index (χ0v) is 14.1. The van der Waals surface area contributed by atoms with Crippen molar-refractivity contribution in [3.63, 3.8) is 0 Å². The van der Waals surface area contributed by atoms with Crippen LogP contribution in [0.25, 0.3) is 10.9 Å². The molecule has 0 atom stereocenters. The maximum absolute atomic E-state index is 3.63. The maximum Gasteiger partial charge on any atom is 0.0580 e. The van der Waals surface area contributed by atoms with Crippen molar-refractivity contribution in [1.29, 1.82) is 0 Å². The highest BCUT2D eigenvalue weighted by Gasteiger charge is 2.20. The lowest BCUT2D eigenvalue weighted by atomic mass is 10.1. The first-order valence-electron chi connectivity index (χ1n) is 7.33. The van der Waals surface area contributed by atoms with Gasteiger partial charge in [-0.3, -0.25) is 0 Å². The van der Waals surface area contributed by atoms with Crippen LogP contribution in [-0.2, 0) is 13.1 Å². The van der Waals surface area contributed by atoms with E-state index in [1.807, 2.05) is 0 Å². The van der Waals surface area contributed by atoms with Crippen molar-refractivity contribution in [1.82, 2.24) is 9.88 Å². The lowest BCUT2D eigenvalue weighted by molar-refractivity contribution is 0.691. The molecular formula is C17H17BrN2S. The van der Waals surface area contributed by atoms with E-state index in [0.29, 0.717) is 0 Å². The molecule has 0 aliphatic heterocycles. The Kier molecular flexibility index (Phi) is 3.61. The number of thiophene rings is 1. The molecule has 0 radical (unpaired) electrons. The Labute approximate surface area is 136 Å².